The van der Waals surface area contributed by atoms with Crippen molar-refractivity contribution >= 4 is 17.9 Å². The number of carbonyl (C=O) groups is 3. The zero-order chi connectivity index (χ0) is 12.8. The van der Waals surface area contributed by atoms with Gasteiger partial charge in [0.1, 0.15) is 6.61 Å². The fraction of sp³-hybridized carbons (Fsp3) is 0.700. The van der Waals surface area contributed by atoms with Crippen LogP contribution in [0.3, 0.4) is 0 Å². The highest BCUT2D eigenvalue weighted by Gasteiger charge is 2.32. The zero-order valence-corrected chi connectivity index (χ0v) is 9.86. The third kappa shape index (κ3) is 5.33. The third-order valence-corrected chi connectivity index (χ3v) is 1.66. The van der Waals surface area contributed by atoms with Crippen LogP contribution < -0.4 is 0 Å². The normalized spacial score (nSPS) is 10.5. The molecule has 0 bridgehead atoms. The van der Waals surface area contributed by atoms with E-state index in [1.807, 2.05) is 0 Å². The fourth-order valence-electron chi connectivity index (χ4n) is 0.901. The second-order valence-electron chi connectivity index (χ2n) is 3.57. The van der Waals surface area contributed by atoms with E-state index in [2.05, 4.69) is 9.47 Å². The Hall–Kier alpha value is -1.59. The van der Waals surface area contributed by atoms with Gasteiger partial charge in [0.15, 0.2) is 0 Å². The molecule has 0 aliphatic rings. The van der Waals surface area contributed by atoms with Crippen molar-refractivity contribution in [1.29, 1.82) is 0 Å². The first kappa shape index (κ1) is 14.4. The standard InChI is InChI=1S/C10H16O6/c1-7(11)15-6-5-8(12)16-10(2,3)9(13)14-4/h5-6H2,1-4H3. The Morgan fingerprint density at radius 2 is 1.75 bits per heavy atom. The molecule has 6 heteroatoms. The monoisotopic (exact) mass is 232 g/mol. The Morgan fingerprint density at radius 3 is 2.19 bits per heavy atom. The van der Waals surface area contributed by atoms with Crippen molar-refractivity contribution in [1.82, 2.24) is 0 Å². The summed E-state index contributed by atoms with van der Waals surface area (Å²) in [6.07, 6.45) is -0.0972. The molecule has 0 N–H and O–H groups in total. The molecule has 0 amide bonds. The number of methoxy groups -OCH3 is 1. The molecule has 0 saturated carbocycles. The van der Waals surface area contributed by atoms with E-state index in [1.165, 1.54) is 27.9 Å². The van der Waals surface area contributed by atoms with Crippen molar-refractivity contribution in [2.45, 2.75) is 32.8 Å². The van der Waals surface area contributed by atoms with Crippen molar-refractivity contribution in [3.63, 3.8) is 0 Å². The second-order valence-corrected chi connectivity index (χ2v) is 3.57. The van der Waals surface area contributed by atoms with Crippen LogP contribution in [0.1, 0.15) is 27.2 Å². The van der Waals surface area contributed by atoms with Gasteiger partial charge in [-0.25, -0.2) is 4.79 Å². The molecule has 0 spiro atoms. The van der Waals surface area contributed by atoms with Crippen LogP contribution >= 0.6 is 0 Å². The van der Waals surface area contributed by atoms with Gasteiger partial charge in [-0.05, 0) is 13.8 Å². The third-order valence-electron chi connectivity index (χ3n) is 1.66. The molecule has 16 heavy (non-hydrogen) atoms. The zero-order valence-electron chi connectivity index (χ0n) is 9.86. The van der Waals surface area contributed by atoms with Gasteiger partial charge in [-0.3, -0.25) is 9.59 Å². The summed E-state index contributed by atoms with van der Waals surface area (Å²) < 4.78 is 13.9. The van der Waals surface area contributed by atoms with E-state index >= 15 is 0 Å². The van der Waals surface area contributed by atoms with Crippen LogP contribution in [0, 0.1) is 0 Å². The topological polar surface area (TPSA) is 78.9 Å². The molecule has 0 aromatic rings. The largest absolute Gasteiger partial charge is 0.466 e. The summed E-state index contributed by atoms with van der Waals surface area (Å²) in [4.78, 5) is 32.8. The van der Waals surface area contributed by atoms with Crippen molar-refractivity contribution < 1.29 is 28.6 Å². The van der Waals surface area contributed by atoms with Crippen molar-refractivity contribution in [2.24, 2.45) is 0 Å². The Bertz CT molecular complexity index is 281. The molecule has 6 nitrogen and oxygen atoms in total. The average Bonchev–Trinajstić information content (AvgIpc) is 2.14. The number of esters is 3. The van der Waals surface area contributed by atoms with E-state index in [-0.39, 0.29) is 13.0 Å². The van der Waals surface area contributed by atoms with Crippen LogP contribution in [-0.4, -0.2) is 37.2 Å². The van der Waals surface area contributed by atoms with Crippen LogP contribution in [-0.2, 0) is 28.6 Å². The maximum Gasteiger partial charge on any atom is 0.349 e. The maximum atomic E-state index is 11.2. The first-order valence-electron chi connectivity index (χ1n) is 4.73. The molecule has 0 aromatic carbocycles. The summed E-state index contributed by atoms with van der Waals surface area (Å²) in [6.45, 7) is 4.01. The minimum absolute atomic E-state index is 0.0641. The van der Waals surface area contributed by atoms with Crippen LogP contribution in [0.25, 0.3) is 0 Å². The predicted octanol–water partition coefficient (Wildman–Crippen LogP) is 0.434. The van der Waals surface area contributed by atoms with Crippen LogP contribution in [0.5, 0.6) is 0 Å². The molecule has 92 valence electrons. The van der Waals surface area contributed by atoms with Crippen molar-refractivity contribution in [2.75, 3.05) is 13.7 Å². The highest BCUT2D eigenvalue weighted by molar-refractivity contribution is 5.82. The Labute approximate surface area is 93.8 Å². The molecule has 0 rings (SSSR count). The lowest BCUT2D eigenvalue weighted by Crippen LogP contribution is -2.38. The summed E-state index contributed by atoms with van der Waals surface area (Å²) in [5, 5.41) is 0. The molecule has 0 atom stereocenters. The molecular weight excluding hydrogens is 216 g/mol. The summed E-state index contributed by atoms with van der Waals surface area (Å²) in [7, 11) is 1.21. The minimum Gasteiger partial charge on any atom is -0.466 e. The Balaban J connectivity index is 4.04. The quantitative estimate of drug-likeness (QED) is 0.505. The van der Waals surface area contributed by atoms with Gasteiger partial charge < -0.3 is 14.2 Å². The summed E-state index contributed by atoms with van der Waals surface area (Å²) in [5.41, 5.74) is -1.33. The lowest BCUT2D eigenvalue weighted by Gasteiger charge is -2.21. The first-order chi connectivity index (χ1) is 7.29. The van der Waals surface area contributed by atoms with Gasteiger partial charge in [0.2, 0.25) is 5.60 Å². The minimum atomic E-state index is -1.33. The molecule has 0 aromatic heterocycles. The van der Waals surface area contributed by atoms with Crippen LogP contribution in [0.4, 0.5) is 0 Å². The number of ether oxygens (including phenoxy) is 3. The van der Waals surface area contributed by atoms with E-state index in [4.69, 9.17) is 4.74 Å². The van der Waals surface area contributed by atoms with E-state index in [0.717, 1.165) is 0 Å². The predicted molar refractivity (Wildman–Crippen MR) is 53.4 cm³/mol. The van der Waals surface area contributed by atoms with E-state index < -0.39 is 23.5 Å². The van der Waals surface area contributed by atoms with Crippen LogP contribution in [0.15, 0.2) is 0 Å². The maximum absolute atomic E-state index is 11.2. The van der Waals surface area contributed by atoms with Gasteiger partial charge >= 0.3 is 17.9 Å². The van der Waals surface area contributed by atoms with Crippen LogP contribution in [0.2, 0.25) is 0 Å². The number of rotatable bonds is 5. The van der Waals surface area contributed by atoms with Crippen molar-refractivity contribution in [3.8, 4) is 0 Å². The lowest BCUT2D eigenvalue weighted by molar-refractivity contribution is -0.177. The van der Waals surface area contributed by atoms with E-state index in [9.17, 15) is 14.4 Å². The average molecular weight is 232 g/mol. The molecule has 0 aliphatic carbocycles. The first-order valence-corrected chi connectivity index (χ1v) is 4.73. The Kier molecular flexibility index (Phi) is 5.49. The van der Waals surface area contributed by atoms with Gasteiger partial charge in [0, 0.05) is 6.92 Å². The van der Waals surface area contributed by atoms with Crippen molar-refractivity contribution in [3.05, 3.63) is 0 Å². The highest BCUT2D eigenvalue weighted by atomic mass is 16.6. The van der Waals surface area contributed by atoms with Gasteiger partial charge in [-0.1, -0.05) is 0 Å². The van der Waals surface area contributed by atoms with E-state index in [1.54, 1.807) is 0 Å². The smallest absolute Gasteiger partial charge is 0.349 e. The van der Waals surface area contributed by atoms with Gasteiger partial charge in [0.25, 0.3) is 0 Å². The SMILES string of the molecule is COC(=O)C(C)(C)OC(=O)CCOC(C)=O. The van der Waals surface area contributed by atoms with E-state index in [0.29, 0.717) is 0 Å². The molecule has 0 radical (unpaired) electrons. The second kappa shape index (κ2) is 6.09. The number of hydrogen-bond donors (Lipinski definition) is 0. The number of carbonyl (C=O) groups excluding carboxylic acids is 3. The summed E-state index contributed by atoms with van der Waals surface area (Å²) in [5.74, 6) is -1.75. The highest BCUT2D eigenvalue weighted by Crippen LogP contribution is 2.12. The summed E-state index contributed by atoms with van der Waals surface area (Å²) >= 11 is 0. The number of hydrogen-bond acceptors (Lipinski definition) is 6. The lowest BCUT2D eigenvalue weighted by atomic mass is 10.1. The molecule has 0 aliphatic heterocycles. The fourth-order valence-corrected chi connectivity index (χ4v) is 0.901. The molecule has 0 heterocycles. The molecule has 0 saturated heterocycles. The molecule has 0 unspecified atom stereocenters. The van der Waals surface area contributed by atoms with Gasteiger partial charge in [-0.2, -0.15) is 0 Å². The molecule has 0 fully saturated rings. The summed E-state index contributed by atoms with van der Waals surface area (Å²) in [6, 6.07) is 0. The van der Waals surface area contributed by atoms with Gasteiger partial charge in [0.05, 0.1) is 13.5 Å². The molecular formula is C10H16O6. The van der Waals surface area contributed by atoms with Gasteiger partial charge in [-0.15, -0.1) is 0 Å². The Morgan fingerprint density at radius 1 is 1.19 bits per heavy atom.